The smallest absolute Gasteiger partial charge is 0.259 e. The number of hydrogen-bond donors (Lipinski definition) is 2. The quantitative estimate of drug-likeness (QED) is 0.762. The third-order valence-electron chi connectivity index (χ3n) is 3.10. The first-order valence-electron chi connectivity index (χ1n) is 6.41. The molecule has 0 radical (unpaired) electrons. The minimum atomic E-state index is -0.331. The fourth-order valence-electron chi connectivity index (χ4n) is 2.13. The molecule has 6 heteroatoms. The van der Waals surface area contributed by atoms with E-state index in [9.17, 15) is 9.18 Å². The molecule has 2 aromatic carbocycles. The van der Waals surface area contributed by atoms with E-state index in [1.54, 1.807) is 18.2 Å². The molecule has 0 fully saturated rings. The van der Waals surface area contributed by atoms with Crippen molar-refractivity contribution in [2.75, 3.05) is 23.8 Å². The molecule has 108 valence electrons. The molecular weight excluding hydrogens is 386 g/mol. The van der Waals surface area contributed by atoms with E-state index in [4.69, 9.17) is 4.74 Å². The summed E-state index contributed by atoms with van der Waals surface area (Å²) in [6, 6.07) is 9.60. The van der Waals surface area contributed by atoms with Crippen molar-refractivity contribution in [3.05, 3.63) is 51.3 Å². The molecule has 0 saturated heterocycles. The first kappa shape index (κ1) is 14.1. The molecule has 1 aliphatic heterocycles. The van der Waals surface area contributed by atoms with Crippen LogP contribution in [-0.4, -0.2) is 19.1 Å². The highest BCUT2D eigenvalue weighted by Gasteiger charge is 2.19. The van der Waals surface area contributed by atoms with E-state index in [2.05, 4.69) is 10.6 Å². The largest absolute Gasteiger partial charge is 0.489 e. The van der Waals surface area contributed by atoms with Crippen LogP contribution in [-0.2, 0) is 0 Å². The van der Waals surface area contributed by atoms with Gasteiger partial charge in [0.25, 0.3) is 5.91 Å². The Hall–Kier alpha value is -1.83. The van der Waals surface area contributed by atoms with Gasteiger partial charge in [0.15, 0.2) is 5.75 Å². The second kappa shape index (κ2) is 5.88. The van der Waals surface area contributed by atoms with Gasteiger partial charge in [-0.25, -0.2) is 4.39 Å². The summed E-state index contributed by atoms with van der Waals surface area (Å²) in [5.41, 5.74) is 1.84. The predicted molar refractivity (Wildman–Crippen MR) is 87.5 cm³/mol. The molecular formula is C15H12FIN2O2. The normalized spacial score (nSPS) is 12.9. The summed E-state index contributed by atoms with van der Waals surface area (Å²) < 4.78 is 19.3. The minimum Gasteiger partial charge on any atom is -0.489 e. The maximum atomic E-state index is 13.1. The van der Waals surface area contributed by atoms with Gasteiger partial charge in [0.2, 0.25) is 0 Å². The molecule has 2 aromatic rings. The van der Waals surface area contributed by atoms with Crippen molar-refractivity contribution in [1.29, 1.82) is 0 Å². The summed E-state index contributed by atoms with van der Waals surface area (Å²) in [4.78, 5) is 12.4. The van der Waals surface area contributed by atoms with E-state index in [0.29, 0.717) is 33.7 Å². The van der Waals surface area contributed by atoms with Gasteiger partial charge < -0.3 is 15.4 Å². The number of rotatable bonds is 2. The Bertz CT molecular complexity index is 706. The molecule has 0 saturated carbocycles. The van der Waals surface area contributed by atoms with Gasteiger partial charge >= 0.3 is 0 Å². The van der Waals surface area contributed by atoms with Gasteiger partial charge in [-0.1, -0.05) is 6.07 Å². The van der Waals surface area contributed by atoms with Gasteiger partial charge in [-0.15, -0.1) is 0 Å². The zero-order chi connectivity index (χ0) is 14.8. The second-order valence-corrected chi connectivity index (χ2v) is 5.70. The Kier molecular flexibility index (Phi) is 3.96. The SMILES string of the molecule is O=C(Nc1ccc(F)cc1I)c1cccc2c1OCCN2. The maximum Gasteiger partial charge on any atom is 0.259 e. The summed E-state index contributed by atoms with van der Waals surface area (Å²) in [5, 5.41) is 5.97. The lowest BCUT2D eigenvalue weighted by Gasteiger charge is -2.21. The van der Waals surface area contributed by atoms with E-state index in [-0.39, 0.29) is 11.7 Å². The lowest BCUT2D eigenvalue weighted by molar-refractivity contribution is 0.102. The number of amides is 1. The van der Waals surface area contributed by atoms with Gasteiger partial charge in [0.05, 0.1) is 16.9 Å². The van der Waals surface area contributed by atoms with E-state index < -0.39 is 0 Å². The Morgan fingerprint density at radius 3 is 3.00 bits per heavy atom. The number of para-hydroxylation sites is 1. The summed E-state index contributed by atoms with van der Waals surface area (Å²) in [7, 11) is 0. The van der Waals surface area contributed by atoms with Gasteiger partial charge in [0.1, 0.15) is 12.4 Å². The van der Waals surface area contributed by atoms with Gasteiger partial charge in [-0.2, -0.15) is 0 Å². The molecule has 0 unspecified atom stereocenters. The number of carbonyl (C=O) groups excluding carboxylic acids is 1. The number of carbonyl (C=O) groups is 1. The number of nitrogens with one attached hydrogen (secondary N) is 2. The predicted octanol–water partition coefficient (Wildman–Crippen LogP) is 3.49. The standard InChI is InChI=1S/C15H12FIN2O2/c16-9-4-5-12(11(17)8-9)19-15(20)10-2-1-3-13-14(10)21-7-6-18-13/h1-5,8,18H,6-7H2,(H,19,20). The molecule has 0 aliphatic carbocycles. The fraction of sp³-hybridized carbons (Fsp3) is 0.133. The molecule has 0 bridgehead atoms. The van der Waals surface area contributed by atoms with E-state index in [1.165, 1.54) is 12.1 Å². The van der Waals surface area contributed by atoms with Crippen molar-refractivity contribution in [2.45, 2.75) is 0 Å². The zero-order valence-corrected chi connectivity index (χ0v) is 13.1. The van der Waals surface area contributed by atoms with E-state index in [1.807, 2.05) is 28.7 Å². The van der Waals surface area contributed by atoms with E-state index in [0.717, 1.165) is 5.69 Å². The zero-order valence-electron chi connectivity index (χ0n) is 11.0. The van der Waals surface area contributed by atoms with E-state index >= 15 is 0 Å². The fourth-order valence-corrected chi connectivity index (χ4v) is 2.74. The molecule has 2 N–H and O–H groups in total. The third kappa shape index (κ3) is 2.94. The van der Waals surface area contributed by atoms with Crippen LogP contribution in [0, 0.1) is 9.39 Å². The van der Waals surface area contributed by atoms with Crippen LogP contribution in [0.5, 0.6) is 5.75 Å². The molecule has 1 amide bonds. The number of benzene rings is 2. The van der Waals surface area contributed by atoms with Crippen molar-refractivity contribution >= 4 is 39.9 Å². The van der Waals surface area contributed by atoms with Gasteiger partial charge in [-0.3, -0.25) is 4.79 Å². The molecule has 0 spiro atoms. The summed E-state index contributed by atoms with van der Waals surface area (Å²) in [6.45, 7) is 1.24. The average molecular weight is 398 g/mol. The van der Waals surface area contributed by atoms with Crippen LogP contribution in [0.15, 0.2) is 36.4 Å². The van der Waals surface area contributed by atoms with Crippen molar-refractivity contribution < 1.29 is 13.9 Å². The van der Waals surface area contributed by atoms with Crippen LogP contribution < -0.4 is 15.4 Å². The van der Waals surface area contributed by atoms with Crippen LogP contribution in [0.25, 0.3) is 0 Å². The van der Waals surface area contributed by atoms with Crippen LogP contribution in [0.2, 0.25) is 0 Å². The number of halogens is 2. The van der Waals surface area contributed by atoms with Crippen LogP contribution >= 0.6 is 22.6 Å². The molecule has 0 aromatic heterocycles. The molecule has 21 heavy (non-hydrogen) atoms. The Morgan fingerprint density at radius 2 is 2.19 bits per heavy atom. The molecule has 1 heterocycles. The summed E-state index contributed by atoms with van der Waals surface area (Å²) >= 11 is 1.98. The molecule has 4 nitrogen and oxygen atoms in total. The van der Waals surface area contributed by atoms with Crippen molar-refractivity contribution in [2.24, 2.45) is 0 Å². The summed E-state index contributed by atoms with van der Waals surface area (Å²) in [6.07, 6.45) is 0. The lowest BCUT2D eigenvalue weighted by atomic mass is 10.1. The summed E-state index contributed by atoms with van der Waals surface area (Å²) in [5.74, 6) is -0.0551. The van der Waals surface area contributed by atoms with Crippen LogP contribution in [0.3, 0.4) is 0 Å². The van der Waals surface area contributed by atoms with Crippen molar-refractivity contribution in [3.63, 3.8) is 0 Å². The topological polar surface area (TPSA) is 50.4 Å². The highest BCUT2D eigenvalue weighted by atomic mass is 127. The molecule has 3 rings (SSSR count). The van der Waals surface area contributed by atoms with Crippen LogP contribution in [0.1, 0.15) is 10.4 Å². The molecule has 0 atom stereocenters. The first-order chi connectivity index (χ1) is 10.1. The number of anilines is 2. The van der Waals surface area contributed by atoms with Gasteiger partial charge in [-0.05, 0) is 52.9 Å². The van der Waals surface area contributed by atoms with Crippen molar-refractivity contribution in [3.8, 4) is 5.75 Å². The monoisotopic (exact) mass is 398 g/mol. The number of fused-ring (bicyclic) bond motifs is 1. The highest BCUT2D eigenvalue weighted by molar-refractivity contribution is 14.1. The van der Waals surface area contributed by atoms with Gasteiger partial charge in [0, 0.05) is 10.1 Å². The second-order valence-electron chi connectivity index (χ2n) is 4.54. The Labute approximate surface area is 134 Å². The van der Waals surface area contributed by atoms with Crippen molar-refractivity contribution in [1.82, 2.24) is 0 Å². The third-order valence-corrected chi connectivity index (χ3v) is 4.00. The lowest BCUT2D eigenvalue weighted by Crippen LogP contribution is -2.22. The maximum absolute atomic E-state index is 13.1. The van der Waals surface area contributed by atoms with Crippen LogP contribution in [0.4, 0.5) is 15.8 Å². The Morgan fingerprint density at radius 1 is 1.33 bits per heavy atom. The highest BCUT2D eigenvalue weighted by Crippen LogP contribution is 2.32. The number of ether oxygens (including phenoxy) is 1. The Balaban J connectivity index is 1.89. The number of hydrogen-bond acceptors (Lipinski definition) is 3. The minimum absolute atomic E-state index is 0.278. The average Bonchev–Trinajstić information content (AvgIpc) is 2.49. The molecule has 1 aliphatic rings. The first-order valence-corrected chi connectivity index (χ1v) is 7.49.